The maximum Gasteiger partial charge on any atom is 0.319 e. The minimum absolute atomic E-state index is 0.00675. The molecule has 0 unspecified atom stereocenters. The number of nitrogens with one attached hydrogen (secondary N) is 1. The second-order valence-electron chi connectivity index (χ2n) is 14.9. The zero-order valence-electron chi connectivity index (χ0n) is 27.8. The lowest BCUT2D eigenvalue weighted by molar-refractivity contribution is -0.132. The van der Waals surface area contributed by atoms with E-state index in [-0.39, 0.29) is 58.0 Å². The highest BCUT2D eigenvalue weighted by atomic mass is 35.5. The van der Waals surface area contributed by atoms with E-state index in [1.54, 1.807) is 6.20 Å². The van der Waals surface area contributed by atoms with Crippen molar-refractivity contribution in [2.75, 3.05) is 57.9 Å². The van der Waals surface area contributed by atoms with Gasteiger partial charge >= 0.3 is 6.01 Å². The molecule has 4 fully saturated rings. The lowest BCUT2D eigenvalue weighted by Crippen LogP contribution is -2.64. The molecule has 7 bridgehead atoms. The van der Waals surface area contributed by atoms with Gasteiger partial charge in [0.05, 0.1) is 35.6 Å². The van der Waals surface area contributed by atoms with Crippen LogP contribution in [-0.4, -0.2) is 112 Å². The van der Waals surface area contributed by atoms with Crippen molar-refractivity contribution in [1.82, 2.24) is 30.1 Å². The van der Waals surface area contributed by atoms with Gasteiger partial charge < -0.3 is 29.7 Å². The molecule has 4 atom stereocenters. The van der Waals surface area contributed by atoms with Crippen LogP contribution in [0.5, 0.6) is 11.8 Å². The van der Waals surface area contributed by atoms with Gasteiger partial charge in [-0.15, -0.1) is 0 Å². The Bertz CT molecular complexity index is 1780. The third kappa shape index (κ3) is 5.45. The quantitative estimate of drug-likeness (QED) is 0.402. The van der Waals surface area contributed by atoms with Crippen molar-refractivity contribution in [2.45, 2.75) is 81.5 Å². The molecule has 256 valence electrons. The average molecular weight is 680 g/mol. The molecule has 5 aliphatic rings. The van der Waals surface area contributed by atoms with Gasteiger partial charge in [0, 0.05) is 56.1 Å². The summed E-state index contributed by atoms with van der Waals surface area (Å²) in [6, 6.07) is 3.28. The smallest absolute Gasteiger partial charge is 0.319 e. The number of aromatic nitrogens is 3. The number of rotatable bonds is 2. The van der Waals surface area contributed by atoms with Gasteiger partial charge in [0.15, 0.2) is 5.82 Å². The molecule has 8 rings (SSSR count). The van der Waals surface area contributed by atoms with Crippen molar-refractivity contribution < 1.29 is 23.8 Å². The summed E-state index contributed by atoms with van der Waals surface area (Å²) in [5.74, 6) is -0.111. The Labute approximate surface area is 284 Å². The summed E-state index contributed by atoms with van der Waals surface area (Å²) in [6.07, 6.45) is 6.64. The van der Waals surface area contributed by atoms with Crippen LogP contribution in [0.15, 0.2) is 18.3 Å². The fourth-order valence-electron chi connectivity index (χ4n) is 9.05. The van der Waals surface area contributed by atoms with Crippen molar-refractivity contribution in [3.05, 3.63) is 34.7 Å². The molecule has 48 heavy (non-hydrogen) atoms. The maximum absolute atomic E-state index is 16.9. The number of carbonyl (C=O) groups excluding carboxylic acids is 1. The van der Waals surface area contributed by atoms with Crippen LogP contribution in [0.25, 0.3) is 22.2 Å². The normalized spacial score (nSPS) is 29.4. The predicted octanol–water partition coefficient (Wildman–Crippen LogP) is 4.49. The fourth-order valence-corrected chi connectivity index (χ4v) is 9.48. The van der Waals surface area contributed by atoms with Crippen molar-refractivity contribution >= 4 is 34.2 Å². The maximum atomic E-state index is 16.9. The third-order valence-corrected chi connectivity index (χ3v) is 11.5. The van der Waals surface area contributed by atoms with Crippen LogP contribution in [0.1, 0.15) is 63.9 Å². The van der Waals surface area contributed by atoms with Gasteiger partial charge in [-0.05, 0) is 62.3 Å². The molecule has 0 aliphatic carbocycles. The van der Waals surface area contributed by atoms with E-state index in [2.05, 4.69) is 20.1 Å². The minimum atomic E-state index is -0.622. The second-order valence-corrected chi connectivity index (χ2v) is 15.3. The van der Waals surface area contributed by atoms with E-state index in [9.17, 15) is 9.90 Å². The van der Waals surface area contributed by atoms with Crippen LogP contribution in [-0.2, 0) is 9.53 Å². The Balaban J connectivity index is 1.27. The molecule has 1 aromatic carbocycles. The van der Waals surface area contributed by atoms with Crippen LogP contribution in [0.2, 0.25) is 5.02 Å². The number of amides is 1. The lowest BCUT2D eigenvalue weighted by Gasteiger charge is -2.44. The zero-order chi connectivity index (χ0) is 33.4. The van der Waals surface area contributed by atoms with Crippen LogP contribution in [0.4, 0.5) is 10.2 Å². The predicted molar refractivity (Wildman–Crippen MR) is 180 cm³/mol. The summed E-state index contributed by atoms with van der Waals surface area (Å²) in [5, 5.41) is 15.1. The van der Waals surface area contributed by atoms with Gasteiger partial charge in [0.2, 0.25) is 5.91 Å². The standard InChI is InChI=1S/C35H43ClFN7O4/c1-20(2)28-24(11-22(45)12-26(28)36)30-29(37)31-25(14-38-30)32-40-33(39-31)48-19-35-7-4-9-44(35)16-23(13-35)47-10-6-27(46)42(3)17-34-8-5-21(41-34)15-43(32)18-34/h11-12,14,20-21,23,41,45H,4-10,13,15-19H2,1-3H3/t21-,23+,34-,35+/m0/s1. The number of phenols is 1. The molecular formula is C35H43ClFN7O4. The highest BCUT2D eigenvalue weighted by Crippen LogP contribution is 2.43. The van der Waals surface area contributed by atoms with Gasteiger partial charge in [-0.3, -0.25) is 14.7 Å². The van der Waals surface area contributed by atoms with Crippen molar-refractivity contribution in [3.63, 3.8) is 0 Å². The van der Waals surface area contributed by atoms with E-state index in [0.717, 1.165) is 45.2 Å². The number of halogens is 2. The molecule has 4 saturated heterocycles. The number of benzene rings is 1. The van der Waals surface area contributed by atoms with Gasteiger partial charge in [-0.25, -0.2) is 4.39 Å². The number of hydrogen-bond donors (Lipinski definition) is 2. The van der Waals surface area contributed by atoms with E-state index in [1.165, 1.54) is 12.1 Å². The molecule has 0 radical (unpaired) electrons. The number of nitrogens with zero attached hydrogens (tertiary/aromatic N) is 6. The number of likely N-dealkylation sites (N-methyl/N-ethyl adjacent to an activating group) is 1. The first-order valence-corrected chi connectivity index (χ1v) is 17.6. The molecule has 1 amide bonds. The molecule has 2 aromatic heterocycles. The van der Waals surface area contributed by atoms with Gasteiger partial charge in [-0.1, -0.05) is 25.4 Å². The number of carbonyl (C=O) groups is 1. The molecule has 0 saturated carbocycles. The number of piperazine rings is 1. The van der Waals surface area contributed by atoms with Crippen LogP contribution >= 0.6 is 11.6 Å². The fraction of sp³-hybridized carbons (Fsp3) is 0.600. The number of hydrogen-bond acceptors (Lipinski definition) is 10. The summed E-state index contributed by atoms with van der Waals surface area (Å²) in [7, 11) is 1.87. The van der Waals surface area contributed by atoms with Crippen LogP contribution < -0.4 is 15.0 Å². The van der Waals surface area contributed by atoms with Crippen molar-refractivity contribution in [1.29, 1.82) is 0 Å². The van der Waals surface area contributed by atoms with E-state index in [1.807, 2.05) is 25.8 Å². The zero-order valence-corrected chi connectivity index (χ0v) is 28.5. The Morgan fingerprint density at radius 1 is 1.19 bits per heavy atom. The SMILES string of the molecule is CC(C)c1c(Cl)cc(O)cc1-c1ncc2c3nc(nc2c1F)OC[C@]12CCCN1C[C@@H](C2)OCCC(=O)N(C)C[C@@]12CC[C@@H](CN3C1)N2. The summed E-state index contributed by atoms with van der Waals surface area (Å²) < 4.78 is 29.7. The summed E-state index contributed by atoms with van der Waals surface area (Å²) in [5.41, 5.74) is 0.703. The van der Waals surface area contributed by atoms with E-state index in [0.29, 0.717) is 66.6 Å². The first kappa shape index (κ1) is 31.9. The number of ether oxygens (including phenoxy) is 2. The number of phenolic OH excluding ortho intramolecular Hbond substituents is 1. The summed E-state index contributed by atoms with van der Waals surface area (Å²) in [6.45, 7) is 8.20. The number of anilines is 1. The third-order valence-electron chi connectivity index (χ3n) is 11.2. The largest absolute Gasteiger partial charge is 0.508 e. The molecule has 13 heteroatoms. The number of fused-ring (bicyclic) bond motifs is 8. The first-order valence-electron chi connectivity index (χ1n) is 17.2. The molecule has 11 nitrogen and oxygen atoms in total. The molecule has 2 N–H and O–H groups in total. The number of pyridine rings is 1. The first-order chi connectivity index (χ1) is 23.0. The average Bonchev–Trinajstić information content (AvgIpc) is 3.68. The minimum Gasteiger partial charge on any atom is -0.508 e. The Morgan fingerprint density at radius 2 is 2.04 bits per heavy atom. The monoisotopic (exact) mass is 679 g/mol. The van der Waals surface area contributed by atoms with Crippen LogP contribution in [0, 0.1) is 5.82 Å². The van der Waals surface area contributed by atoms with Gasteiger partial charge in [0.1, 0.15) is 29.4 Å². The Kier molecular flexibility index (Phi) is 7.93. The van der Waals surface area contributed by atoms with E-state index < -0.39 is 5.82 Å². The summed E-state index contributed by atoms with van der Waals surface area (Å²) >= 11 is 6.57. The van der Waals surface area contributed by atoms with E-state index in [4.69, 9.17) is 31.0 Å². The summed E-state index contributed by atoms with van der Waals surface area (Å²) in [4.78, 5) is 34.0. The van der Waals surface area contributed by atoms with Crippen LogP contribution in [0.3, 0.4) is 0 Å². The number of aromatic hydroxyl groups is 1. The Hall–Kier alpha value is -3.32. The van der Waals surface area contributed by atoms with Gasteiger partial charge in [0.25, 0.3) is 0 Å². The van der Waals surface area contributed by atoms with Gasteiger partial charge in [-0.2, -0.15) is 9.97 Å². The molecule has 7 heterocycles. The van der Waals surface area contributed by atoms with Crippen molar-refractivity contribution in [2.24, 2.45) is 0 Å². The molecule has 5 aliphatic heterocycles. The molecule has 2 spiro atoms. The molecule has 3 aromatic rings. The highest BCUT2D eigenvalue weighted by Gasteiger charge is 2.50. The highest BCUT2D eigenvalue weighted by molar-refractivity contribution is 6.32. The molecular weight excluding hydrogens is 637 g/mol. The topological polar surface area (TPSA) is 116 Å². The lowest BCUT2D eigenvalue weighted by atomic mass is 9.94. The second kappa shape index (κ2) is 11.9. The van der Waals surface area contributed by atoms with Crippen molar-refractivity contribution in [3.8, 4) is 23.0 Å². The van der Waals surface area contributed by atoms with E-state index >= 15 is 4.39 Å². The Morgan fingerprint density at radius 3 is 2.88 bits per heavy atom.